The number of amides is 1. The van der Waals surface area contributed by atoms with E-state index in [9.17, 15) is 9.59 Å². The second kappa shape index (κ2) is 9.30. The summed E-state index contributed by atoms with van der Waals surface area (Å²) in [7, 11) is 0. The van der Waals surface area contributed by atoms with E-state index in [1.165, 1.54) is 4.57 Å². The summed E-state index contributed by atoms with van der Waals surface area (Å²) in [5.74, 6) is 0.689. The SMILES string of the molecule is CSc1nnc(CCCNC(=O)C(C)n2c(=O)oc3ccccc32)n1CC(C)C. The number of aromatic nitrogens is 4. The summed E-state index contributed by atoms with van der Waals surface area (Å²) in [6.07, 6.45) is 3.46. The summed E-state index contributed by atoms with van der Waals surface area (Å²) in [6, 6.07) is 6.44. The summed E-state index contributed by atoms with van der Waals surface area (Å²) in [5.41, 5.74) is 1.10. The van der Waals surface area contributed by atoms with Gasteiger partial charge >= 0.3 is 5.76 Å². The first kappa shape index (κ1) is 21.2. The number of carbonyl (C=O) groups is 1. The molecule has 3 rings (SSSR count). The molecule has 1 N–H and O–H groups in total. The zero-order chi connectivity index (χ0) is 21.0. The number of nitrogens with one attached hydrogen (secondary N) is 1. The molecule has 1 aromatic carbocycles. The molecule has 1 atom stereocenters. The lowest BCUT2D eigenvalue weighted by Gasteiger charge is -2.14. The number of aryl methyl sites for hydroxylation is 1. The van der Waals surface area contributed by atoms with Crippen molar-refractivity contribution in [3.05, 3.63) is 40.6 Å². The lowest BCUT2D eigenvalue weighted by atomic mass is 10.2. The number of benzene rings is 1. The molecular weight excluding hydrogens is 390 g/mol. The lowest BCUT2D eigenvalue weighted by molar-refractivity contribution is -0.123. The molecule has 3 aromatic rings. The van der Waals surface area contributed by atoms with Gasteiger partial charge in [0.2, 0.25) is 5.91 Å². The minimum Gasteiger partial charge on any atom is -0.408 e. The molecule has 156 valence electrons. The Morgan fingerprint density at radius 1 is 1.24 bits per heavy atom. The van der Waals surface area contributed by atoms with E-state index < -0.39 is 11.8 Å². The standard InChI is InChI=1S/C20H27N5O3S/c1-13(2)12-24-17(22-23-19(24)29-4)10-7-11-21-18(26)14(3)25-15-8-5-6-9-16(15)28-20(25)27/h5-6,8-9,13-14H,7,10-12H2,1-4H3,(H,21,26). The number of nitrogens with zero attached hydrogens (tertiary/aromatic N) is 4. The smallest absolute Gasteiger partial charge is 0.408 e. The molecule has 1 unspecified atom stereocenters. The molecule has 9 heteroatoms. The average Bonchev–Trinajstić information content (AvgIpc) is 3.23. The number of thioether (sulfide) groups is 1. The maximum absolute atomic E-state index is 12.6. The van der Waals surface area contributed by atoms with Gasteiger partial charge in [-0.25, -0.2) is 4.79 Å². The normalized spacial score (nSPS) is 12.6. The first-order chi connectivity index (χ1) is 13.9. The number of hydrogen-bond donors (Lipinski definition) is 1. The minimum atomic E-state index is -0.654. The van der Waals surface area contributed by atoms with Crippen LogP contribution in [-0.4, -0.2) is 38.0 Å². The van der Waals surface area contributed by atoms with Crippen LogP contribution < -0.4 is 11.1 Å². The van der Waals surface area contributed by atoms with Gasteiger partial charge in [0.1, 0.15) is 11.9 Å². The molecule has 0 saturated heterocycles. The molecule has 0 fully saturated rings. The molecule has 0 aliphatic carbocycles. The van der Waals surface area contributed by atoms with Crippen LogP contribution in [0, 0.1) is 5.92 Å². The Morgan fingerprint density at radius 2 is 2.00 bits per heavy atom. The van der Waals surface area contributed by atoms with Crippen molar-refractivity contribution in [1.29, 1.82) is 0 Å². The van der Waals surface area contributed by atoms with Gasteiger partial charge in [-0.3, -0.25) is 9.36 Å². The molecule has 2 heterocycles. The summed E-state index contributed by atoms with van der Waals surface area (Å²) in [5, 5.41) is 12.4. The Hall–Kier alpha value is -2.55. The maximum atomic E-state index is 12.6. The number of hydrogen-bond acceptors (Lipinski definition) is 6. The average molecular weight is 418 g/mol. The van der Waals surface area contributed by atoms with Gasteiger partial charge in [-0.1, -0.05) is 37.7 Å². The Morgan fingerprint density at radius 3 is 2.72 bits per heavy atom. The predicted molar refractivity (Wildman–Crippen MR) is 113 cm³/mol. The van der Waals surface area contributed by atoms with Crippen molar-refractivity contribution >= 4 is 28.8 Å². The van der Waals surface area contributed by atoms with E-state index in [0.717, 1.165) is 30.4 Å². The topological polar surface area (TPSA) is 94.9 Å². The Balaban J connectivity index is 1.58. The molecular formula is C20H27N5O3S. The molecule has 0 radical (unpaired) electrons. The van der Waals surface area contributed by atoms with Crippen molar-refractivity contribution in [1.82, 2.24) is 24.6 Å². The third-order valence-corrected chi connectivity index (χ3v) is 5.35. The van der Waals surface area contributed by atoms with Crippen molar-refractivity contribution in [3.63, 3.8) is 0 Å². The molecule has 0 aliphatic heterocycles. The van der Waals surface area contributed by atoms with Crippen LogP contribution in [0.4, 0.5) is 0 Å². The number of rotatable bonds is 9. The van der Waals surface area contributed by atoms with Crippen LogP contribution in [0.3, 0.4) is 0 Å². The second-order valence-electron chi connectivity index (χ2n) is 7.38. The van der Waals surface area contributed by atoms with E-state index in [0.29, 0.717) is 23.6 Å². The van der Waals surface area contributed by atoms with Gasteiger partial charge in [0.25, 0.3) is 0 Å². The van der Waals surface area contributed by atoms with Crippen LogP contribution in [0.25, 0.3) is 11.1 Å². The third-order valence-electron chi connectivity index (χ3n) is 4.69. The number of para-hydroxylation sites is 2. The highest BCUT2D eigenvalue weighted by atomic mass is 32.2. The fraction of sp³-hybridized carbons (Fsp3) is 0.500. The van der Waals surface area contributed by atoms with Crippen molar-refractivity contribution < 1.29 is 9.21 Å². The van der Waals surface area contributed by atoms with Crippen molar-refractivity contribution in [2.75, 3.05) is 12.8 Å². The van der Waals surface area contributed by atoms with E-state index in [-0.39, 0.29) is 5.91 Å². The molecule has 0 bridgehead atoms. The van der Waals surface area contributed by atoms with E-state index in [1.54, 1.807) is 36.9 Å². The Labute approximate surface area is 173 Å². The fourth-order valence-corrected chi connectivity index (χ4v) is 3.80. The van der Waals surface area contributed by atoms with E-state index in [4.69, 9.17) is 4.42 Å². The van der Waals surface area contributed by atoms with Gasteiger partial charge in [-0.05, 0) is 37.7 Å². The van der Waals surface area contributed by atoms with E-state index >= 15 is 0 Å². The van der Waals surface area contributed by atoms with Gasteiger partial charge in [-0.2, -0.15) is 0 Å². The van der Waals surface area contributed by atoms with Gasteiger partial charge in [0.05, 0.1) is 5.52 Å². The molecule has 0 saturated carbocycles. The van der Waals surface area contributed by atoms with Gasteiger partial charge in [-0.15, -0.1) is 10.2 Å². The van der Waals surface area contributed by atoms with Crippen LogP contribution in [0.2, 0.25) is 0 Å². The maximum Gasteiger partial charge on any atom is 0.420 e. The highest BCUT2D eigenvalue weighted by Crippen LogP contribution is 2.18. The zero-order valence-electron chi connectivity index (χ0n) is 17.2. The summed E-state index contributed by atoms with van der Waals surface area (Å²) >= 11 is 1.59. The first-order valence-corrected chi connectivity index (χ1v) is 11.0. The molecule has 8 nitrogen and oxygen atoms in total. The molecule has 1 amide bonds. The van der Waals surface area contributed by atoms with Crippen LogP contribution in [0.15, 0.2) is 38.6 Å². The van der Waals surface area contributed by atoms with E-state index in [1.807, 2.05) is 12.3 Å². The second-order valence-corrected chi connectivity index (χ2v) is 8.16. The number of fused-ring (bicyclic) bond motifs is 1. The van der Waals surface area contributed by atoms with Crippen LogP contribution in [-0.2, 0) is 17.8 Å². The van der Waals surface area contributed by atoms with Crippen molar-refractivity contribution in [2.24, 2.45) is 5.92 Å². The Bertz CT molecular complexity index is 1040. The van der Waals surface area contributed by atoms with E-state index in [2.05, 4.69) is 33.9 Å². The monoisotopic (exact) mass is 417 g/mol. The lowest BCUT2D eigenvalue weighted by Crippen LogP contribution is -2.35. The molecule has 2 aromatic heterocycles. The quantitative estimate of drug-likeness (QED) is 0.425. The summed E-state index contributed by atoms with van der Waals surface area (Å²) < 4.78 is 8.75. The third kappa shape index (κ3) is 4.72. The predicted octanol–water partition coefficient (Wildman–Crippen LogP) is 2.87. The van der Waals surface area contributed by atoms with Gasteiger partial charge in [0, 0.05) is 19.5 Å². The number of oxazole rings is 1. The van der Waals surface area contributed by atoms with Crippen LogP contribution in [0.1, 0.15) is 39.1 Å². The Kier molecular flexibility index (Phi) is 6.79. The minimum absolute atomic E-state index is 0.216. The molecule has 0 aliphatic rings. The first-order valence-electron chi connectivity index (χ1n) is 9.76. The summed E-state index contributed by atoms with van der Waals surface area (Å²) in [4.78, 5) is 24.7. The fourth-order valence-electron chi connectivity index (χ4n) is 3.28. The van der Waals surface area contributed by atoms with Crippen molar-refractivity contribution in [3.8, 4) is 0 Å². The largest absolute Gasteiger partial charge is 0.420 e. The highest BCUT2D eigenvalue weighted by Gasteiger charge is 2.21. The van der Waals surface area contributed by atoms with Gasteiger partial charge in [0.15, 0.2) is 10.7 Å². The molecule has 0 spiro atoms. The van der Waals surface area contributed by atoms with Gasteiger partial charge < -0.3 is 14.3 Å². The molecule has 29 heavy (non-hydrogen) atoms. The van der Waals surface area contributed by atoms with Crippen LogP contribution in [0.5, 0.6) is 0 Å². The highest BCUT2D eigenvalue weighted by molar-refractivity contribution is 7.98. The number of carbonyl (C=O) groups excluding carboxylic acids is 1. The zero-order valence-corrected chi connectivity index (χ0v) is 18.0. The summed E-state index contributed by atoms with van der Waals surface area (Å²) in [6.45, 7) is 7.39. The van der Waals surface area contributed by atoms with Crippen LogP contribution >= 0.6 is 11.8 Å². The van der Waals surface area contributed by atoms with Crippen molar-refractivity contribution in [2.45, 2.75) is 51.4 Å².